The molecule has 1 saturated carbocycles. The Morgan fingerprint density at radius 3 is 2.44 bits per heavy atom. The predicted molar refractivity (Wildman–Crippen MR) is 137 cm³/mol. The molecule has 0 spiro atoms. The number of hydrogen-bond acceptors (Lipinski definition) is 9. The quantitative estimate of drug-likeness (QED) is 0.219. The van der Waals surface area contributed by atoms with E-state index in [2.05, 4.69) is 9.88 Å². The van der Waals surface area contributed by atoms with Crippen molar-refractivity contribution in [1.82, 2.24) is 9.88 Å². The average molecular weight is 462 g/mol. The Balaban J connectivity index is 0.00000342. The summed E-state index contributed by atoms with van der Waals surface area (Å²) in [5.41, 5.74) is 15.0. The maximum absolute atomic E-state index is 8.76. The van der Waals surface area contributed by atoms with Crippen LogP contribution in [0.4, 0.5) is 11.5 Å². The minimum atomic E-state index is 0. The van der Waals surface area contributed by atoms with Gasteiger partial charge in [0.05, 0.1) is 5.71 Å². The van der Waals surface area contributed by atoms with Crippen LogP contribution in [0.15, 0.2) is 42.7 Å². The topological polar surface area (TPSA) is 176 Å². The van der Waals surface area contributed by atoms with Gasteiger partial charge in [-0.25, -0.2) is 4.98 Å². The summed E-state index contributed by atoms with van der Waals surface area (Å²) < 4.78 is 5.40. The van der Waals surface area contributed by atoms with Gasteiger partial charge in [0.2, 0.25) is 0 Å². The normalized spacial score (nSPS) is 16.2. The summed E-state index contributed by atoms with van der Waals surface area (Å²) >= 11 is 0. The standard InChI is InChI=1S/C24H29N9O.H2/c25-13-18(14-26)16-3-4-20(27)19(11-16)22(28)17-5-6-31-21(12-17)32-7-9-33(10-8-32)24(30)34-23(29)15-1-2-15;/h3-6,11-15,25,28-30H,1-2,7-10,26-27H2;1H/b18-14+,25-13?,28-22?,29-23?,30-24?;. The highest BCUT2D eigenvalue weighted by Crippen LogP contribution is 2.30. The van der Waals surface area contributed by atoms with Crippen molar-refractivity contribution in [1.29, 1.82) is 21.6 Å². The molecular formula is C24H31N9O. The van der Waals surface area contributed by atoms with Crippen LogP contribution in [0.2, 0.25) is 0 Å². The third-order valence-corrected chi connectivity index (χ3v) is 6.07. The van der Waals surface area contributed by atoms with E-state index >= 15 is 0 Å². The predicted octanol–water partition coefficient (Wildman–Crippen LogP) is 2.74. The Labute approximate surface area is 199 Å². The fourth-order valence-corrected chi connectivity index (χ4v) is 3.82. The second-order valence-corrected chi connectivity index (χ2v) is 8.37. The molecule has 2 aliphatic rings. The number of anilines is 2. The molecule has 0 unspecified atom stereocenters. The van der Waals surface area contributed by atoms with Crippen LogP contribution in [0, 0.1) is 27.6 Å². The van der Waals surface area contributed by atoms with Crippen LogP contribution in [0.3, 0.4) is 0 Å². The molecule has 1 saturated heterocycles. The molecule has 0 radical (unpaired) electrons. The number of amidine groups is 1. The number of nitrogens with one attached hydrogen (secondary N) is 4. The lowest BCUT2D eigenvalue weighted by molar-refractivity contribution is 0.307. The van der Waals surface area contributed by atoms with Crippen molar-refractivity contribution in [3.63, 3.8) is 0 Å². The molecule has 0 amide bonds. The highest BCUT2D eigenvalue weighted by Gasteiger charge is 2.30. The van der Waals surface area contributed by atoms with E-state index in [1.807, 2.05) is 11.0 Å². The molecule has 10 nitrogen and oxygen atoms in total. The zero-order chi connectivity index (χ0) is 24.2. The van der Waals surface area contributed by atoms with Gasteiger partial charge in [-0.05, 0) is 42.7 Å². The summed E-state index contributed by atoms with van der Waals surface area (Å²) in [5.74, 6) is 1.12. The number of benzene rings is 1. The molecule has 178 valence electrons. The molecule has 4 rings (SSSR count). The zero-order valence-electron chi connectivity index (χ0n) is 18.8. The molecule has 1 aliphatic heterocycles. The van der Waals surface area contributed by atoms with Crippen LogP contribution in [-0.2, 0) is 4.74 Å². The average Bonchev–Trinajstić information content (AvgIpc) is 3.71. The van der Waals surface area contributed by atoms with E-state index in [-0.39, 0.29) is 25.0 Å². The number of pyridine rings is 1. The number of ether oxygens (including phenoxy) is 1. The number of nitrogens with two attached hydrogens (primary N) is 2. The van der Waals surface area contributed by atoms with Crippen molar-refractivity contribution in [3.05, 3.63) is 59.4 Å². The van der Waals surface area contributed by atoms with Crippen molar-refractivity contribution in [3.8, 4) is 0 Å². The summed E-state index contributed by atoms with van der Waals surface area (Å²) in [6.07, 6.45) is 6.15. The Bertz CT molecular complexity index is 1170. The molecule has 2 heterocycles. The molecule has 10 heteroatoms. The largest absolute Gasteiger partial charge is 0.411 e. The van der Waals surface area contributed by atoms with Crippen molar-refractivity contribution in [2.45, 2.75) is 12.8 Å². The van der Waals surface area contributed by atoms with E-state index in [1.165, 1.54) is 12.4 Å². The number of nitrogens with zero attached hydrogens (tertiary/aromatic N) is 3. The molecule has 0 atom stereocenters. The lowest BCUT2D eigenvalue weighted by Crippen LogP contribution is -2.49. The van der Waals surface area contributed by atoms with Gasteiger partial charge in [0.1, 0.15) is 5.82 Å². The Morgan fingerprint density at radius 1 is 1.06 bits per heavy atom. The number of allylic oxidation sites excluding steroid dienone is 1. The number of piperazine rings is 1. The Kier molecular flexibility index (Phi) is 6.58. The lowest BCUT2D eigenvalue weighted by atomic mass is 9.97. The third kappa shape index (κ3) is 4.90. The van der Waals surface area contributed by atoms with Crippen molar-refractivity contribution >= 4 is 40.9 Å². The minimum Gasteiger partial charge on any atom is -0.411 e. The van der Waals surface area contributed by atoms with Crippen molar-refractivity contribution < 1.29 is 6.16 Å². The van der Waals surface area contributed by atoms with Gasteiger partial charge < -0.3 is 31.4 Å². The van der Waals surface area contributed by atoms with E-state index in [4.69, 9.17) is 37.8 Å². The first-order valence-electron chi connectivity index (χ1n) is 11.1. The molecule has 8 N–H and O–H groups in total. The maximum Gasteiger partial charge on any atom is 0.291 e. The minimum absolute atomic E-state index is 0. The summed E-state index contributed by atoms with van der Waals surface area (Å²) in [7, 11) is 0. The van der Waals surface area contributed by atoms with Gasteiger partial charge in [0.15, 0.2) is 5.90 Å². The molecule has 2 aromatic rings. The van der Waals surface area contributed by atoms with Crippen LogP contribution in [0.25, 0.3) is 5.57 Å². The van der Waals surface area contributed by atoms with Gasteiger partial charge in [-0.1, -0.05) is 6.07 Å². The fraction of sp³-hybridized carbons (Fsp3) is 0.292. The molecule has 34 heavy (non-hydrogen) atoms. The van der Waals surface area contributed by atoms with Gasteiger partial charge in [0, 0.05) is 74.5 Å². The second-order valence-electron chi connectivity index (χ2n) is 8.37. The highest BCUT2D eigenvalue weighted by molar-refractivity contribution is 6.15. The lowest BCUT2D eigenvalue weighted by Gasteiger charge is -2.36. The van der Waals surface area contributed by atoms with E-state index in [0.717, 1.165) is 24.2 Å². The Hall–Kier alpha value is -4.21. The zero-order valence-corrected chi connectivity index (χ0v) is 18.8. The maximum atomic E-state index is 8.76. The highest BCUT2D eigenvalue weighted by atomic mass is 16.5. The van der Waals surface area contributed by atoms with Crippen LogP contribution < -0.4 is 16.4 Å². The molecule has 2 fully saturated rings. The van der Waals surface area contributed by atoms with Gasteiger partial charge >= 0.3 is 0 Å². The van der Waals surface area contributed by atoms with Crippen LogP contribution in [-0.4, -0.2) is 59.9 Å². The third-order valence-electron chi connectivity index (χ3n) is 6.07. The summed E-state index contributed by atoms with van der Waals surface area (Å²) in [4.78, 5) is 8.43. The summed E-state index contributed by atoms with van der Waals surface area (Å²) in [6.45, 7) is 2.47. The molecule has 0 bridgehead atoms. The number of rotatable bonds is 6. The van der Waals surface area contributed by atoms with E-state index in [1.54, 1.807) is 30.5 Å². The van der Waals surface area contributed by atoms with Gasteiger partial charge in [-0.2, -0.15) is 0 Å². The molecular weight excluding hydrogens is 430 g/mol. The van der Waals surface area contributed by atoms with Gasteiger partial charge in [0.25, 0.3) is 6.02 Å². The summed E-state index contributed by atoms with van der Waals surface area (Å²) in [6, 6.07) is 8.94. The van der Waals surface area contributed by atoms with E-state index in [9.17, 15) is 0 Å². The van der Waals surface area contributed by atoms with E-state index in [0.29, 0.717) is 48.6 Å². The van der Waals surface area contributed by atoms with Gasteiger partial charge in [-0.3, -0.25) is 16.2 Å². The summed E-state index contributed by atoms with van der Waals surface area (Å²) in [5, 5.41) is 32.3. The van der Waals surface area contributed by atoms with E-state index < -0.39 is 0 Å². The van der Waals surface area contributed by atoms with Crippen molar-refractivity contribution in [2.75, 3.05) is 36.8 Å². The molecule has 1 aliphatic carbocycles. The first kappa shape index (κ1) is 23.0. The van der Waals surface area contributed by atoms with Crippen molar-refractivity contribution in [2.24, 2.45) is 11.7 Å². The fourth-order valence-electron chi connectivity index (χ4n) is 3.82. The van der Waals surface area contributed by atoms with Crippen LogP contribution >= 0.6 is 0 Å². The Morgan fingerprint density at radius 2 is 1.79 bits per heavy atom. The van der Waals surface area contributed by atoms with Crippen LogP contribution in [0.1, 0.15) is 31.0 Å². The number of aromatic nitrogens is 1. The number of hydrogen-bond donors (Lipinski definition) is 6. The molecule has 1 aromatic carbocycles. The van der Waals surface area contributed by atoms with Gasteiger partial charge in [-0.15, -0.1) is 0 Å². The monoisotopic (exact) mass is 461 g/mol. The molecule has 1 aromatic heterocycles. The number of nitrogen functional groups attached to an aromatic ring is 1. The smallest absolute Gasteiger partial charge is 0.291 e. The SMILES string of the molecule is N=C/C(=C\N)c1ccc(N)c(C(=N)c2ccnc(N3CCN(C(=N)OC(=N)C4CC4)CC3)c2)c1.[HH]. The van der Waals surface area contributed by atoms with Crippen LogP contribution in [0.5, 0.6) is 0 Å². The first-order valence-corrected chi connectivity index (χ1v) is 11.1. The first-order chi connectivity index (χ1) is 16.4. The second kappa shape index (κ2) is 9.74.